The van der Waals surface area contributed by atoms with Crippen LogP contribution < -0.4 is 0 Å². The van der Waals surface area contributed by atoms with Crippen molar-refractivity contribution in [3.8, 4) is 0 Å². The van der Waals surface area contributed by atoms with Gasteiger partial charge >= 0.3 is 0 Å². The van der Waals surface area contributed by atoms with Gasteiger partial charge in [-0.3, -0.25) is 14.7 Å². The molecule has 0 bridgehead atoms. The maximum absolute atomic E-state index is 12.0. The topological polar surface area (TPSA) is 45.7 Å². The van der Waals surface area contributed by atoms with Gasteiger partial charge in [0.2, 0.25) is 5.91 Å². The van der Waals surface area contributed by atoms with Crippen LogP contribution in [0.15, 0.2) is 24.5 Å². The van der Waals surface area contributed by atoms with Gasteiger partial charge < -0.3 is 9.64 Å². The summed E-state index contributed by atoms with van der Waals surface area (Å²) < 4.78 is 5.94. The number of amides is 1. The van der Waals surface area contributed by atoms with Crippen molar-refractivity contribution in [3.05, 3.63) is 30.1 Å². The lowest BCUT2D eigenvalue weighted by Gasteiger charge is -2.58. The van der Waals surface area contributed by atoms with Crippen LogP contribution in [-0.2, 0) is 16.1 Å². The Bertz CT molecular complexity index is 548. The quantitative estimate of drug-likeness (QED) is 0.785. The molecule has 2 aliphatic rings. The van der Waals surface area contributed by atoms with E-state index in [0.717, 1.165) is 32.7 Å². The minimum Gasteiger partial charge on any atom is -0.376 e. The molecule has 0 aliphatic carbocycles. The van der Waals surface area contributed by atoms with E-state index in [1.54, 1.807) is 24.2 Å². The zero-order valence-corrected chi connectivity index (χ0v) is 15.4. The molecule has 0 N–H and O–H groups in total. The summed E-state index contributed by atoms with van der Waals surface area (Å²) in [5.41, 5.74) is 1.35. The van der Waals surface area contributed by atoms with E-state index >= 15 is 0 Å². The van der Waals surface area contributed by atoms with Gasteiger partial charge in [0.15, 0.2) is 0 Å². The van der Waals surface area contributed by atoms with Crippen LogP contribution in [0.4, 0.5) is 0 Å². The molecule has 1 amide bonds. The zero-order valence-electron chi connectivity index (χ0n) is 14.6. The molecule has 2 saturated heterocycles. The number of carbonyl (C=O) groups is 1. The molecule has 3 rings (SSSR count). The smallest absolute Gasteiger partial charge is 0.232 e. The molecule has 5 nitrogen and oxygen atoms in total. The molecule has 2 aliphatic heterocycles. The highest BCUT2D eigenvalue weighted by atomic mass is 32.2. The summed E-state index contributed by atoms with van der Waals surface area (Å²) in [6.45, 7) is 4.30. The molecule has 1 spiro atoms. The van der Waals surface area contributed by atoms with Crippen molar-refractivity contribution in [1.29, 1.82) is 0 Å². The zero-order chi connectivity index (χ0) is 17.0. The second kappa shape index (κ2) is 7.85. The largest absolute Gasteiger partial charge is 0.376 e. The molecule has 0 aromatic carbocycles. The third kappa shape index (κ3) is 3.92. The number of thioether (sulfide) groups is 1. The third-order valence-corrected chi connectivity index (χ3v) is 5.85. The Kier molecular flexibility index (Phi) is 5.79. The van der Waals surface area contributed by atoms with Crippen molar-refractivity contribution < 1.29 is 9.53 Å². The first-order chi connectivity index (χ1) is 11.6. The second-order valence-corrected chi connectivity index (χ2v) is 7.92. The molecular formula is C18H27N3O2S. The fourth-order valence-corrected chi connectivity index (χ4v) is 4.23. The molecule has 132 valence electrons. The van der Waals surface area contributed by atoms with Crippen LogP contribution in [0, 0.1) is 5.92 Å². The molecule has 24 heavy (non-hydrogen) atoms. The highest BCUT2D eigenvalue weighted by molar-refractivity contribution is 7.99. The van der Waals surface area contributed by atoms with Gasteiger partial charge in [0.1, 0.15) is 0 Å². The fraction of sp³-hybridized carbons (Fsp3) is 0.667. The number of nitrogens with zero attached hydrogens (tertiary/aromatic N) is 3. The van der Waals surface area contributed by atoms with Crippen LogP contribution >= 0.6 is 11.8 Å². The number of likely N-dealkylation sites (tertiary alicyclic amines) is 2. The van der Waals surface area contributed by atoms with Crippen LogP contribution in [0.3, 0.4) is 0 Å². The number of likely N-dealkylation sites (N-methyl/N-ethyl adjacent to an activating group) is 1. The van der Waals surface area contributed by atoms with Crippen molar-refractivity contribution in [3.63, 3.8) is 0 Å². The van der Waals surface area contributed by atoms with Crippen LogP contribution in [0.2, 0.25) is 0 Å². The number of rotatable bonds is 6. The van der Waals surface area contributed by atoms with E-state index in [9.17, 15) is 4.79 Å². The molecule has 6 heteroatoms. The molecule has 1 aromatic heterocycles. The maximum atomic E-state index is 12.0. The second-order valence-electron chi connectivity index (χ2n) is 7.06. The van der Waals surface area contributed by atoms with E-state index in [-0.39, 0.29) is 11.4 Å². The fourth-order valence-electron chi connectivity index (χ4n) is 3.80. The van der Waals surface area contributed by atoms with E-state index in [4.69, 9.17) is 4.74 Å². The summed E-state index contributed by atoms with van der Waals surface area (Å²) in [4.78, 5) is 20.5. The lowest BCUT2D eigenvalue weighted by atomic mass is 9.75. The van der Waals surface area contributed by atoms with Gasteiger partial charge in [0.05, 0.1) is 17.9 Å². The summed E-state index contributed by atoms with van der Waals surface area (Å²) >= 11 is 1.60. The molecule has 0 unspecified atom stereocenters. The number of aromatic nitrogens is 1. The van der Waals surface area contributed by atoms with E-state index in [0.29, 0.717) is 18.3 Å². The minimum atomic E-state index is 0.178. The van der Waals surface area contributed by atoms with Gasteiger partial charge in [-0.2, -0.15) is 11.8 Å². The molecular weight excluding hydrogens is 322 g/mol. The first kappa shape index (κ1) is 17.7. The molecule has 1 aromatic rings. The monoisotopic (exact) mass is 349 g/mol. The maximum Gasteiger partial charge on any atom is 0.232 e. The Balaban J connectivity index is 1.47. The first-order valence-corrected chi connectivity index (χ1v) is 9.97. The summed E-state index contributed by atoms with van der Waals surface area (Å²) in [6, 6.07) is 3.99. The van der Waals surface area contributed by atoms with Crippen molar-refractivity contribution in [1.82, 2.24) is 14.8 Å². The van der Waals surface area contributed by atoms with Crippen LogP contribution in [-0.4, -0.2) is 71.5 Å². The Hall–Kier alpha value is -1.11. The summed E-state index contributed by atoms with van der Waals surface area (Å²) in [6.07, 6.45) is 7.89. The highest BCUT2D eigenvalue weighted by Crippen LogP contribution is 2.38. The minimum absolute atomic E-state index is 0.178. The van der Waals surface area contributed by atoms with Gasteiger partial charge in [0.25, 0.3) is 0 Å². The van der Waals surface area contributed by atoms with Crippen LogP contribution in [0.1, 0.15) is 18.4 Å². The van der Waals surface area contributed by atoms with Crippen LogP contribution in [0.5, 0.6) is 0 Å². The number of carbonyl (C=O) groups excluding carboxylic acids is 1. The molecule has 1 atom stereocenters. The van der Waals surface area contributed by atoms with Gasteiger partial charge in [-0.15, -0.1) is 0 Å². The SMILES string of the molecule is CSCC(=O)N1CC2(C[C@H](COCc3ccncc3)CCN2C)C1. The number of ether oxygens (including phenoxy) is 1. The van der Waals surface area contributed by atoms with E-state index in [1.807, 2.05) is 23.3 Å². The Labute approximate surface area is 148 Å². The number of hydrogen-bond acceptors (Lipinski definition) is 5. The Morgan fingerprint density at radius 2 is 2.17 bits per heavy atom. The Morgan fingerprint density at radius 3 is 2.88 bits per heavy atom. The van der Waals surface area contributed by atoms with Crippen molar-refractivity contribution in [2.45, 2.75) is 25.0 Å². The molecule has 0 radical (unpaired) electrons. The molecule has 2 fully saturated rings. The van der Waals surface area contributed by atoms with Gasteiger partial charge in [-0.1, -0.05) is 0 Å². The van der Waals surface area contributed by atoms with Crippen LogP contribution in [0.25, 0.3) is 0 Å². The first-order valence-electron chi connectivity index (χ1n) is 8.57. The lowest BCUT2D eigenvalue weighted by molar-refractivity contribution is -0.148. The van der Waals surface area contributed by atoms with Gasteiger partial charge in [-0.05, 0) is 56.3 Å². The normalized spacial score (nSPS) is 23.2. The number of hydrogen-bond donors (Lipinski definition) is 0. The van der Waals surface area contributed by atoms with E-state index in [2.05, 4.69) is 16.9 Å². The number of pyridine rings is 1. The third-order valence-electron chi connectivity index (χ3n) is 5.31. The number of piperidine rings is 1. The van der Waals surface area contributed by atoms with Crippen molar-refractivity contribution in [2.75, 3.05) is 45.3 Å². The average molecular weight is 350 g/mol. The highest BCUT2D eigenvalue weighted by Gasteiger charge is 2.50. The molecule has 0 saturated carbocycles. The molecule has 3 heterocycles. The van der Waals surface area contributed by atoms with E-state index < -0.39 is 0 Å². The van der Waals surface area contributed by atoms with Gasteiger partial charge in [0, 0.05) is 32.1 Å². The standard InChI is InChI=1S/C18H27N3O2S/c1-20-8-5-16(11-23-10-15-3-6-19-7-4-15)9-18(20)13-21(14-18)17(22)12-24-2/h3-4,6-7,16H,5,8-14H2,1-2H3/t16-/m1/s1. The van der Waals surface area contributed by atoms with E-state index in [1.165, 1.54) is 12.0 Å². The lowest BCUT2D eigenvalue weighted by Crippen LogP contribution is -2.72. The summed E-state index contributed by atoms with van der Waals surface area (Å²) in [5, 5.41) is 0. The summed E-state index contributed by atoms with van der Waals surface area (Å²) in [5.74, 6) is 1.46. The van der Waals surface area contributed by atoms with Crippen molar-refractivity contribution >= 4 is 17.7 Å². The average Bonchev–Trinajstić information content (AvgIpc) is 2.55. The summed E-state index contributed by atoms with van der Waals surface area (Å²) in [7, 11) is 2.20. The van der Waals surface area contributed by atoms with Crippen molar-refractivity contribution in [2.24, 2.45) is 5.92 Å². The Morgan fingerprint density at radius 1 is 1.42 bits per heavy atom. The predicted octanol–water partition coefficient (Wildman–Crippen LogP) is 1.88. The predicted molar refractivity (Wildman–Crippen MR) is 96.9 cm³/mol. The van der Waals surface area contributed by atoms with Gasteiger partial charge in [-0.25, -0.2) is 0 Å².